The Morgan fingerprint density at radius 2 is 2.12 bits per heavy atom. The Hall–Kier alpha value is -1.52. The van der Waals surface area contributed by atoms with Crippen LogP contribution in [0.5, 0.6) is 0 Å². The molecule has 0 fully saturated rings. The van der Waals surface area contributed by atoms with Crippen molar-refractivity contribution < 1.29 is 0 Å². The van der Waals surface area contributed by atoms with Gasteiger partial charge in [-0.2, -0.15) is 0 Å². The maximum atomic E-state index is 5.89. The van der Waals surface area contributed by atoms with Crippen LogP contribution in [-0.2, 0) is 6.42 Å². The van der Waals surface area contributed by atoms with Gasteiger partial charge in [-0.3, -0.25) is 0 Å². The monoisotopic (exact) mass is 234 g/mol. The van der Waals surface area contributed by atoms with E-state index in [4.69, 9.17) is 17.3 Å². The Bertz CT molecular complexity index is 470. The summed E-state index contributed by atoms with van der Waals surface area (Å²) in [5, 5.41) is 8.74. The van der Waals surface area contributed by atoms with Gasteiger partial charge in [0.25, 0.3) is 0 Å². The molecule has 4 nitrogen and oxygen atoms in total. The first-order chi connectivity index (χ1) is 7.79. The van der Waals surface area contributed by atoms with Crippen LogP contribution in [0.3, 0.4) is 0 Å². The highest BCUT2D eigenvalue weighted by atomic mass is 35.5. The molecule has 1 aromatic carbocycles. The van der Waals surface area contributed by atoms with Gasteiger partial charge in [0.1, 0.15) is 5.69 Å². The Kier molecular flexibility index (Phi) is 3.44. The molecule has 82 valence electrons. The lowest BCUT2D eigenvalue weighted by Crippen LogP contribution is -2.07. The number of hydrogen-bond acceptors (Lipinski definition) is 4. The standard InChI is InChI=1S/C11H11ClN4/c12-9-3-1-2-8(6-9)10-7-14-11(4-5-13)16-15-10/h1-3,6-7H,4-5,13H2. The van der Waals surface area contributed by atoms with Gasteiger partial charge in [-0.05, 0) is 18.7 Å². The van der Waals surface area contributed by atoms with E-state index in [1.807, 2.05) is 24.3 Å². The third-order valence-electron chi connectivity index (χ3n) is 2.10. The molecule has 0 spiro atoms. The van der Waals surface area contributed by atoms with Crippen LogP contribution >= 0.6 is 11.6 Å². The zero-order chi connectivity index (χ0) is 11.4. The molecule has 0 atom stereocenters. The number of nitrogens with two attached hydrogens (primary N) is 1. The van der Waals surface area contributed by atoms with Crippen molar-refractivity contribution in [3.8, 4) is 11.3 Å². The molecule has 0 radical (unpaired) electrons. The molecule has 0 bridgehead atoms. The summed E-state index contributed by atoms with van der Waals surface area (Å²) in [4.78, 5) is 4.18. The van der Waals surface area contributed by atoms with Crippen LogP contribution in [0.15, 0.2) is 30.5 Å². The van der Waals surface area contributed by atoms with Crippen LogP contribution in [0.25, 0.3) is 11.3 Å². The van der Waals surface area contributed by atoms with E-state index in [1.54, 1.807) is 6.20 Å². The fourth-order valence-electron chi connectivity index (χ4n) is 1.32. The van der Waals surface area contributed by atoms with Crippen molar-refractivity contribution >= 4 is 11.6 Å². The van der Waals surface area contributed by atoms with Crippen LogP contribution in [-0.4, -0.2) is 21.7 Å². The molecule has 5 heteroatoms. The molecule has 1 aromatic heterocycles. The molecular formula is C11H11ClN4. The molecule has 0 aliphatic rings. The maximum absolute atomic E-state index is 5.89. The summed E-state index contributed by atoms with van der Waals surface area (Å²) in [7, 11) is 0. The number of aromatic nitrogens is 3. The minimum atomic E-state index is 0.526. The van der Waals surface area contributed by atoms with Gasteiger partial charge in [-0.15, -0.1) is 10.2 Å². The highest BCUT2D eigenvalue weighted by Gasteiger charge is 2.02. The molecule has 1 heterocycles. The molecule has 0 amide bonds. The predicted octanol–water partition coefficient (Wildman–Crippen LogP) is 1.69. The summed E-state index contributed by atoms with van der Waals surface area (Å²) in [6.07, 6.45) is 2.33. The van der Waals surface area contributed by atoms with Crippen LogP contribution in [0.1, 0.15) is 5.82 Å². The van der Waals surface area contributed by atoms with Crippen molar-refractivity contribution in [1.29, 1.82) is 0 Å². The van der Waals surface area contributed by atoms with Crippen molar-refractivity contribution in [3.05, 3.63) is 41.3 Å². The van der Waals surface area contributed by atoms with Gasteiger partial charge >= 0.3 is 0 Å². The Labute approximate surface area is 98.5 Å². The quantitative estimate of drug-likeness (QED) is 0.878. The molecule has 0 aliphatic carbocycles. The second kappa shape index (κ2) is 5.01. The van der Waals surface area contributed by atoms with E-state index in [-0.39, 0.29) is 0 Å². The van der Waals surface area contributed by atoms with E-state index < -0.39 is 0 Å². The Morgan fingerprint density at radius 3 is 2.75 bits per heavy atom. The normalized spacial score (nSPS) is 10.4. The van der Waals surface area contributed by atoms with E-state index in [0.717, 1.165) is 5.56 Å². The van der Waals surface area contributed by atoms with Gasteiger partial charge in [0.05, 0.1) is 6.20 Å². The van der Waals surface area contributed by atoms with Crippen molar-refractivity contribution in [2.75, 3.05) is 6.54 Å². The van der Waals surface area contributed by atoms with Gasteiger partial charge in [0.15, 0.2) is 5.82 Å². The third-order valence-corrected chi connectivity index (χ3v) is 2.33. The van der Waals surface area contributed by atoms with Crippen molar-refractivity contribution in [2.45, 2.75) is 6.42 Å². The van der Waals surface area contributed by atoms with E-state index in [2.05, 4.69) is 15.2 Å². The number of nitrogens with zero attached hydrogens (tertiary/aromatic N) is 3. The highest BCUT2D eigenvalue weighted by molar-refractivity contribution is 6.30. The largest absolute Gasteiger partial charge is 0.330 e. The molecule has 0 unspecified atom stereocenters. The minimum absolute atomic E-state index is 0.526. The second-order valence-corrected chi connectivity index (χ2v) is 3.75. The molecule has 0 saturated heterocycles. The fraction of sp³-hybridized carbons (Fsp3) is 0.182. The van der Waals surface area contributed by atoms with E-state index in [9.17, 15) is 0 Å². The molecule has 2 rings (SSSR count). The first-order valence-corrected chi connectivity index (χ1v) is 5.32. The highest BCUT2D eigenvalue weighted by Crippen LogP contribution is 2.19. The smallest absolute Gasteiger partial charge is 0.152 e. The summed E-state index contributed by atoms with van der Waals surface area (Å²) in [5.74, 6) is 0.660. The number of rotatable bonds is 3. The minimum Gasteiger partial charge on any atom is -0.330 e. The lowest BCUT2D eigenvalue weighted by molar-refractivity contribution is 0.813. The van der Waals surface area contributed by atoms with Gasteiger partial charge in [0, 0.05) is 17.0 Å². The summed E-state index contributed by atoms with van der Waals surface area (Å²) >= 11 is 5.89. The van der Waals surface area contributed by atoms with Crippen LogP contribution in [0, 0.1) is 0 Å². The van der Waals surface area contributed by atoms with Crippen LogP contribution in [0.4, 0.5) is 0 Å². The fourth-order valence-corrected chi connectivity index (χ4v) is 1.51. The third kappa shape index (κ3) is 2.53. The maximum Gasteiger partial charge on any atom is 0.152 e. The SMILES string of the molecule is NCCc1ncc(-c2cccc(Cl)c2)nn1. The van der Waals surface area contributed by atoms with E-state index in [0.29, 0.717) is 29.5 Å². The van der Waals surface area contributed by atoms with Crippen LogP contribution in [0.2, 0.25) is 5.02 Å². The van der Waals surface area contributed by atoms with Gasteiger partial charge < -0.3 is 5.73 Å². The van der Waals surface area contributed by atoms with Crippen molar-refractivity contribution in [2.24, 2.45) is 5.73 Å². The first-order valence-electron chi connectivity index (χ1n) is 4.94. The van der Waals surface area contributed by atoms with Gasteiger partial charge in [-0.1, -0.05) is 23.7 Å². The summed E-state index contributed by atoms with van der Waals surface area (Å²) in [6.45, 7) is 0.526. The van der Waals surface area contributed by atoms with Crippen molar-refractivity contribution in [3.63, 3.8) is 0 Å². The Morgan fingerprint density at radius 1 is 1.25 bits per heavy atom. The lowest BCUT2D eigenvalue weighted by atomic mass is 10.2. The second-order valence-electron chi connectivity index (χ2n) is 3.31. The Balaban J connectivity index is 2.27. The van der Waals surface area contributed by atoms with E-state index >= 15 is 0 Å². The molecule has 2 aromatic rings. The average Bonchev–Trinajstić information content (AvgIpc) is 2.30. The predicted molar refractivity (Wildman–Crippen MR) is 63.0 cm³/mol. The number of hydrogen-bond donors (Lipinski definition) is 1. The molecular weight excluding hydrogens is 224 g/mol. The van der Waals surface area contributed by atoms with Gasteiger partial charge in [0.2, 0.25) is 0 Å². The summed E-state index contributed by atoms with van der Waals surface area (Å²) < 4.78 is 0. The lowest BCUT2D eigenvalue weighted by Gasteiger charge is -2.01. The molecule has 16 heavy (non-hydrogen) atoms. The summed E-state index contributed by atoms with van der Waals surface area (Å²) in [6, 6.07) is 7.43. The zero-order valence-electron chi connectivity index (χ0n) is 8.60. The molecule has 0 aliphatic heterocycles. The van der Waals surface area contributed by atoms with E-state index in [1.165, 1.54) is 0 Å². The molecule has 2 N–H and O–H groups in total. The summed E-state index contributed by atoms with van der Waals surface area (Å²) in [5.41, 5.74) is 7.02. The zero-order valence-corrected chi connectivity index (χ0v) is 9.35. The number of halogens is 1. The topological polar surface area (TPSA) is 64.7 Å². The average molecular weight is 235 g/mol. The molecule has 0 saturated carbocycles. The van der Waals surface area contributed by atoms with Crippen molar-refractivity contribution in [1.82, 2.24) is 15.2 Å². The first kappa shape index (κ1) is 11.0. The van der Waals surface area contributed by atoms with Gasteiger partial charge in [-0.25, -0.2) is 4.98 Å². The van der Waals surface area contributed by atoms with Crippen LogP contribution < -0.4 is 5.73 Å². The number of benzene rings is 1.